The first kappa shape index (κ1) is 10.6. The lowest BCUT2D eigenvalue weighted by molar-refractivity contribution is 0.404. The summed E-state index contributed by atoms with van der Waals surface area (Å²) in [5, 5.41) is 0. The van der Waals surface area contributed by atoms with Gasteiger partial charge in [-0.05, 0) is 37.5 Å². The summed E-state index contributed by atoms with van der Waals surface area (Å²) >= 11 is 0. The number of unbranched alkanes of at least 4 members (excludes halogenated alkanes) is 1. The van der Waals surface area contributed by atoms with E-state index in [9.17, 15) is 0 Å². The van der Waals surface area contributed by atoms with Crippen LogP contribution in [-0.4, -0.2) is 0 Å². The van der Waals surface area contributed by atoms with Gasteiger partial charge in [-0.2, -0.15) is 0 Å². The number of rotatable bonds is 4. The molecule has 1 unspecified atom stereocenters. The first-order valence-electron chi connectivity index (χ1n) is 5.43. The molecule has 0 radical (unpaired) electrons. The van der Waals surface area contributed by atoms with Crippen LogP contribution in [0.15, 0.2) is 24.3 Å². The smallest absolute Gasteiger partial charge is 0.00790 e. The maximum Gasteiger partial charge on any atom is -0.00790 e. The molecule has 0 amide bonds. The van der Waals surface area contributed by atoms with Crippen molar-refractivity contribution in [1.29, 1.82) is 0 Å². The van der Waals surface area contributed by atoms with Crippen LogP contribution in [0, 0.1) is 5.41 Å². The molecule has 0 saturated heterocycles. The van der Waals surface area contributed by atoms with Crippen molar-refractivity contribution < 1.29 is 0 Å². The first-order chi connectivity index (χ1) is 6.08. The molecule has 13 heavy (non-hydrogen) atoms. The summed E-state index contributed by atoms with van der Waals surface area (Å²) in [5.74, 6) is 0. The highest BCUT2D eigenvalue weighted by molar-refractivity contribution is 5.19. The Balaban J connectivity index is 2.50. The molecule has 1 saturated carbocycles. The first-order valence-corrected chi connectivity index (χ1v) is 5.43. The molecule has 0 nitrogen and oxygen atoms in total. The van der Waals surface area contributed by atoms with Crippen LogP contribution in [0.3, 0.4) is 0 Å². The minimum absolute atomic E-state index is 0.381. The van der Waals surface area contributed by atoms with E-state index in [1.54, 1.807) is 0 Å². The fourth-order valence-electron chi connectivity index (χ4n) is 2.17. The molecule has 0 aliphatic heterocycles. The maximum absolute atomic E-state index is 4.24. The monoisotopic (exact) mass is 178 g/mol. The van der Waals surface area contributed by atoms with Gasteiger partial charge in [0.25, 0.3) is 0 Å². The van der Waals surface area contributed by atoms with E-state index in [0.717, 1.165) is 0 Å². The fourth-order valence-corrected chi connectivity index (χ4v) is 2.17. The van der Waals surface area contributed by atoms with Gasteiger partial charge in [-0.3, -0.25) is 0 Å². The Kier molecular flexibility index (Phi) is 3.35. The van der Waals surface area contributed by atoms with Crippen LogP contribution in [0.4, 0.5) is 0 Å². The van der Waals surface area contributed by atoms with Gasteiger partial charge in [-0.15, -0.1) is 0 Å². The summed E-state index contributed by atoms with van der Waals surface area (Å²) in [6, 6.07) is 0. The Morgan fingerprint density at radius 3 is 2.69 bits per heavy atom. The second kappa shape index (κ2) is 4.13. The number of allylic oxidation sites excluding steroid dienone is 2. The van der Waals surface area contributed by atoms with Gasteiger partial charge < -0.3 is 0 Å². The van der Waals surface area contributed by atoms with Gasteiger partial charge in [0, 0.05) is 0 Å². The lowest BCUT2D eigenvalue weighted by Crippen LogP contribution is -2.13. The highest BCUT2D eigenvalue weighted by atomic mass is 14.4. The van der Waals surface area contributed by atoms with Crippen molar-refractivity contribution in [2.45, 2.75) is 52.4 Å². The third-order valence-corrected chi connectivity index (χ3v) is 3.36. The summed E-state index contributed by atoms with van der Waals surface area (Å²) in [4.78, 5) is 0. The number of hydrogen-bond donors (Lipinski definition) is 0. The van der Waals surface area contributed by atoms with E-state index in [1.165, 1.54) is 49.7 Å². The lowest BCUT2D eigenvalue weighted by Gasteiger charge is -2.26. The summed E-state index contributed by atoms with van der Waals surface area (Å²) in [6.45, 7) is 12.9. The van der Waals surface area contributed by atoms with Crippen molar-refractivity contribution in [1.82, 2.24) is 0 Å². The highest BCUT2D eigenvalue weighted by Crippen LogP contribution is 2.46. The molecule has 1 fully saturated rings. The molecule has 1 aliphatic carbocycles. The maximum atomic E-state index is 4.24. The van der Waals surface area contributed by atoms with Crippen molar-refractivity contribution in [3.63, 3.8) is 0 Å². The van der Waals surface area contributed by atoms with Crippen LogP contribution in [0.1, 0.15) is 52.4 Å². The Hall–Kier alpha value is -0.520. The van der Waals surface area contributed by atoms with Crippen molar-refractivity contribution in [2.24, 2.45) is 5.41 Å². The summed E-state index contributed by atoms with van der Waals surface area (Å²) in [5.41, 5.74) is 3.25. The minimum atomic E-state index is 0.381. The zero-order valence-corrected chi connectivity index (χ0v) is 9.16. The predicted molar refractivity (Wildman–Crippen MR) is 59.8 cm³/mol. The second-order valence-electron chi connectivity index (χ2n) is 4.69. The van der Waals surface area contributed by atoms with Gasteiger partial charge in [0.2, 0.25) is 0 Å². The fraction of sp³-hybridized carbons (Fsp3) is 0.692. The average molecular weight is 178 g/mol. The highest BCUT2D eigenvalue weighted by Gasteiger charge is 2.32. The van der Waals surface area contributed by atoms with Crippen LogP contribution in [0.25, 0.3) is 0 Å². The van der Waals surface area contributed by atoms with Crippen LogP contribution >= 0.6 is 0 Å². The molecule has 0 N–H and O–H groups in total. The molecule has 0 heterocycles. The van der Waals surface area contributed by atoms with Crippen molar-refractivity contribution >= 4 is 0 Å². The lowest BCUT2D eigenvalue weighted by atomic mass is 9.79. The summed E-state index contributed by atoms with van der Waals surface area (Å²) < 4.78 is 0. The molecule has 0 heteroatoms. The quantitative estimate of drug-likeness (QED) is 0.557. The molecule has 1 aliphatic rings. The minimum Gasteiger partial charge on any atom is -0.0998 e. The van der Waals surface area contributed by atoms with Gasteiger partial charge in [-0.1, -0.05) is 44.6 Å². The predicted octanol–water partition coefficient (Wildman–Crippen LogP) is 4.48. The van der Waals surface area contributed by atoms with E-state index >= 15 is 0 Å². The van der Waals surface area contributed by atoms with Gasteiger partial charge >= 0.3 is 0 Å². The van der Waals surface area contributed by atoms with Gasteiger partial charge in [0.1, 0.15) is 0 Å². The molecule has 74 valence electrons. The summed E-state index contributed by atoms with van der Waals surface area (Å²) in [6.07, 6.45) is 7.43. The van der Waals surface area contributed by atoms with E-state index in [2.05, 4.69) is 27.0 Å². The molecular formula is C13H22. The Morgan fingerprint density at radius 1 is 1.54 bits per heavy atom. The van der Waals surface area contributed by atoms with Crippen LogP contribution in [0.5, 0.6) is 0 Å². The van der Waals surface area contributed by atoms with Crippen molar-refractivity contribution in [2.75, 3.05) is 0 Å². The standard InChI is InChI=1S/C13H22/c1-5-6-7-12(3)13(4)9-8-11(2)10-13/h2-3,5-10H2,1,4H3. The van der Waals surface area contributed by atoms with Crippen molar-refractivity contribution in [3.05, 3.63) is 24.3 Å². The zero-order chi connectivity index (χ0) is 9.90. The molecule has 0 spiro atoms. The number of hydrogen-bond acceptors (Lipinski definition) is 0. The molecule has 0 bridgehead atoms. The Labute approximate surface area is 82.7 Å². The van der Waals surface area contributed by atoms with E-state index in [0.29, 0.717) is 5.41 Å². The SMILES string of the molecule is C=C1CCC(C)(C(=C)CCCC)C1. The van der Waals surface area contributed by atoms with Gasteiger partial charge in [0.15, 0.2) is 0 Å². The van der Waals surface area contributed by atoms with E-state index in [-0.39, 0.29) is 0 Å². The van der Waals surface area contributed by atoms with Crippen LogP contribution < -0.4 is 0 Å². The van der Waals surface area contributed by atoms with Crippen molar-refractivity contribution in [3.8, 4) is 0 Å². The summed E-state index contributed by atoms with van der Waals surface area (Å²) in [7, 11) is 0. The van der Waals surface area contributed by atoms with Gasteiger partial charge in [-0.25, -0.2) is 0 Å². The van der Waals surface area contributed by atoms with Crippen LogP contribution in [-0.2, 0) is 0 Å². The molecule has 0 aromatic heterocycles. The Morgan fingerprint density at radius 2 is 2.23 bits per heavy atom. The topological polar surface area (TPSA) is 0 Å². The molecule has 1 atom stereocenters. The molecule has 0 aromatic rings. The normalized spacial score (nSPS) is 28.0. The van der Waals surface area contributed by atoms with E-state index in [1.807, 2.05) is 0 Å². The zero-order valence-electron chi connectivity index (χ0n) is 9.16. The largest absolute Gasteiger partial charge is 0.0998 e. The third-order valence-electron chi connectivity index (χ3n) is 3.36. The second-order valence-corrected chi connectivity index (χ2v) is 4.69. The Bertz CT molecular complexity index is 212. The van der Waals surface area contributed by atoms with Gasteiger partial charge in [0.05, 0.1) is 0 Å². The molecule has 0 aromatic carbocycles. The molecule has 1 rings (SSSR count). The molecular weight excluding hydrogens is 156 g/mol. The third kappa shape index (κ3) is 2.46. The van der Waals surface area contributed by atoms with E-state index < -0.39 is 0 Å². The van der Waals surface area contributed by atoms with E-state index in [4.69, 9.17) is 0 Å². The van der Waals surface area contributed by atoms with Crippen LogP contribution in [0.2, 0.25) is 0 Å². The average Bonchev–Trinajstić information content (AvgIpc) is 2.43.